The second-order valence-electron chi connectivity index (χ2n) is 4.01. The SMILES string of the molecule is CCc1cccc(NS(=O)(=O)C2CC2)c1O. The van der Waals surface area contributed by atoms with Gasteiger partial charge in [-0.3, -0.25) is 4.72 Å². The van der Waals surface area contributed by atoms with E-state index in [1.807, 2.05) is 6.92 Å². The average molecular weight is 241 g/mol. The van der Waals surface area contributed by atoms with Gasteiger partial charge in [0.1, 0.15) is 5.75 Å². The van der Waals surface area contributed by atoms with Crippen LogP contribution in [0.5, 0.6) is 5.75 Å². The van der Waals surface area contributed by atoms with E-state index in [-0.39, 0.29) is 16.7 Å². The Morgan fingerprint density at radius 2 is 2.12 bits per heavy atom. The Bertz CT molecular complexity index is 492. The van der Waals surface area contributed by atoms with Crippen LogP contribution in [-0.4, -0.2) is 18.8 Å². The van der Waals surface area contributed by atoms with Crippen molar-refractivity contribution in [1.29, 1.82) is 0 Å². The Hall–Kier alpha value is -1.23. The number of anilines is 1. The molecule has 1 aromatic rings. The molecule has 0 aromatic heterocycles. The first-order valence-electron chi connectivity index (χ1n) is 5.37. The second-order valence-corrected chi connectivity index (χ2v) is 5.97. The summed E-state index contributed by atoms with van der Waals surface area (Å²) >= 11 is 0. The maximum atomic E-state index is 11.7. The van der Waals surface area contributed by atoms with Crippen LogP contribution in [0.2, 0.25) is 0 Å². The number of hydrogen-bond donors (Lipinski definition) is 2. The average Bonchev–Trinajstić information content (AvgIpc) is 3.04. The van der Waals surface area contributed by atoms with Crippen molar-refractivity contribution in [2.45, 2.75) is 31.4 Å². The summed E-state index contributed by atoms with van der Waals surface area (Å²) in [5, 5.41) is 9.55. The van der Waals surface area contributed by atoms with Crippen molar-refractivity contribution in [2.24, 2.45) is 0 Å². The van der Waals surface area contributed by atoms with Crippen LogP contribution in [0.25, 0.3) is 0 Å². The van der Waals surface area contributed by atoms with E-state index in [1.54, 1.807) is 18.2 Å². The first-order chi connectivity index (χ1) is 7.54. The summed E-state index contributed by atoms with van der Waals surface area (Å²) in [6.07, 6.45) is 2.10. The van der Waals surface area contributed by atoms with Gasteiger partial charge in [0.2, 0.25) is 10.0 Å². The molecule has 88 valence electrons. The number of rotatable bonds is 4. The molecule has 1 saturated carbocycles. The summed E-state index contributed by atoms with van der Waals surface area (Å²) in [6, 6.07) is 5.10. The third kappa shape index (κ3) is 2.14. The van der Waals surface area contributed by atoms with Crippen molar-refractivity contribution in [3.05, 3.63) is 23.8 Å². The summed E-state index contributed by atoms with van der Waals surface area (Å²) in [5.41, 5.74) is 1.03. The summed E-state index contributed by atoms with van der Waals surface area (Å²) in [7, 11) is -3.30. The van der Waals surface area contributed by atoms with Crippen molar-refractivity contribution in [2.75, 3.05) is 4.72 Å². The van der Waals surface area contributed by atoms with Crippen LogP contribution < -0.4 is 4.72 Å². The molecule has 0 heterocycles. The van der Waals surface area contributed by atoms with Crippen LogP contribution >= 0.6 is 0 Å². The van der Waals surface area contributed by atoms with Gasteiger partial charge in [-0.05, 0) is 30.9 Å². The first kappa shape index (κ1) is 11.3. The zero-order valence-electron chi connectivity index (χ0n) is 9.10. The van der Waals surface area contributed by atoms with E-state index >= 15 is 0 Å². The lowest BCUT2D eigenvalue weighted by molar-refractivity contribution is 0.471. The Morgan fingerprint density at radius 3 is 2.69 bits per heavy atom. The minimum Gasteiger partial charge on any atom is -0.505 e. The molecule has 1 fully saturated rings. The fourth-order valence-electron chi connectivity index (χ4n) is 1.57. The first-order valence-corrected chi connectivity index (χ1v) is 6.91. The summed E-state index contributed by atoms with van der Waals surface area (Å²) < 4.78 is 25.8. The number of hydrogen-bond acceptors (Lipinski definition) is 3. The molecular formula is C11H15NO3S. The Kier molecular flexibility index (Phi) is 2.80. The third-order valence-corrected chi connectivity index (χ3v) is 4.57. The van der Waals surface area contributed by atoms with E-state index in [0.717, 1.165) is 5.56 Å². The zero-order valence-corrected chi connectivity index (χ0v) is 9.92. The van der Waals surface area contributed by atoms with Gasteiger partial charge in [0.15, 0.2) is 0 Å². The van der Waals surface area contributed by atoms with Crippen LogP contribution in [0.1, 0.15) is 25.3 Å². The number of para-hydroxylation sites is 1. The number of phenols is 1. The smallest absolute Gasteiger partial charge is 0.235 e. The quantitative estimate of drug-likeness (QED) is 0.791. The largest absolute Gasteiger partial charge is 0.505 e. The molecule has 5 heteroatoms. The van der Waals surface area contributed by atoms with E-state index in [2.05, 4.69) is 4.72 Å². The molecular weight excluding hydrogens is 226 g/mol. The number of sulfonamides is 1. The van der Waals surface area contributed by atoms with Gasteiger partial charge < -0.3 is 5.11 Å². The Labute approximate surface area is 95.4 Å². The van der Waals surface area contributed by atoms with Gasteiger partial charge in [-0.1, -0.05) is 19.1 Å². The van der Waals surface area contributed by atoms with E-state index in [4.69, 9.17) is 0 Å². The lowest BCUT2D eigenvalue weighted by Crippen LogP contribution is -2.17. The van der Waals surface area contributed by atoms with Crippen LogP contribution in [0.15, 0.2) is 18.2 Å². The predicted octanol–water partition coefficient (Wildman–Crippen LogP) is 1.86. The fraction of sp³-hybridized carbons (Fsp3) is 0.455. The van der Waals surface area contributed by atoms with Gasteiger partial charge in [0.05, 0.1) is 10.9 Å². The molecule has 4 nitrogen and oxygen atoms in total. The number of nitrogens with one attached hydrogen (secondary N) is 1. The highest BCUT2D eigenvalue weighted by Gasteiger charge is 2.36. The van der Waals surface area contributed by atoms with Crippen LogP contribution in [0.4, 0.5) is 5.69 Å². The van der Waals surface area contributed by atoms with Crippen LogP contribution in [-0.2, 0) is 16.4 Å². The molecule has 1 aromatic carbocycles. The monoisotopic (exact) mass is 241 g/mol. The number of phenolic OH excluding ortho intramolecular Hbond substituents is 1. The van der Waals surface area contributed by atoms with Gasteiger partial charge in [0.25, 0.3) is 0 Å². The van der Waals surface area contributed by atoms with Crippen molar-refractivity contribution in [3.63, 3.8) is 0 Å². The molecule has 16 heavy (non-hydrogen) atoms. The lowest BCUT2D eigenvalue weighted by atomic mass is 10.1. The third-order valence-electron chi connectivity index (χ3n) is 2.72. The van der Waals surface area contributed by atoms with Gasteiger partial charge >= 0.3 is 0 Å². The number of aromatic hydroxyl groups is 1. The van der Waals surface area contributed by atoms with Gasteiger partial charge in [-0.2, -0.15) is 0 Å². The van der Waals surface area contributed by atoms with Gasteiger partial charge in [-0.25, -0.2) is 8.42 Å². The number of aryl methyl sites for hydroxylation is 1. The molecule has 0 aliphatic heterocycles. The molecule has 1 aliphatic carbocycles. The van der Waals surface area contributed by atoms with Crippen molar-refractivity contribution in [1.82, 2.24) is 0 Å². The molecule has 0 radical (unpaired) electrons. The maximum Gasteiger partial charge on any atom is 0.235 e. The van der Waals surface area contributed by atoms with Crippen molar-refractivity contribution in [3.8, 4) is 5.75 Å². The lowest BCUT2D eigenvalue weighted by Gasteiger charge is -2.10. The minimum atomic E-state index is -3.30. The summed E-state index contributed by atoms with van der Waals surface area (Å²) in [5.74, 6) is 0.0363. The summed E-state index contributed by atoms with van der Waals surface area (Å²) in [4.78, 5) is 0. The molecule has 0 amide bonds. The number of benzene rings is 1. The second kappa shape index (κ2) is 3.97. The normalized spacial score (nSPS) is 16.1. The highest BCUT2D eigenvalue weighted by atomic mass is 32.2. The van der Waals surface area contributed by atoms with Gasteiger partial charge in [0, 0.05) is 0 Å². The van der Waals surface area contributed by atoms with Crippen LogP contribution in [0, 0.1) is 0 Å². The molecule has 0 saturated heterocycles. The van der Waals surface area contributed by atoms with E-state index in [9.17, 15) is 13.5 Å². The fourth-order valence-corrected chi connectivity index (χ4v) is 2.97. The Morgan fingerprint density at radius 1 is 1.44 bits per heavy atom. The molecule has 2 N–H and O–H groups in total. The van der Waals surface area contributed by atoms with E-state index < -0.39 is 10.0 Å². The van der Waals surface area contributed by atoms with Crippen molar-refractivity contribution >= 4 is 15.7 Å². The molecule has 2 rings (SSSR count). The molecule has 0 atom stereocenters. The van der Waals surface area contributed by atoms with E-state index in [0.29, 0.717) is 19.3 Å². The molecule has 0 unspecified atom stereocenters. The predicted molar refractivity (Wildman–Crippen MR) is 63.0 cm³/mol. The zero-order chi connectivity index (χ0) is 11.8. The standard InChI is InChI=1S/C11H15NO3S/c1-2-8-4-3-5-10(11(8)13)12-16(14,15)9-6-7-9/h3-5,9,12-13H,2,6-7H2,1H3. The summed E-state index contributed by atoms with van der Waals surface area (Å²) in [6.45, 7) is 1.91. The van der Waals surface area contributed by atoms with Crippen LogP contribution in [0.3, 0.4) is 0 Å². The van der Waals surface area contributed by atoms with E-state index in [1.165, 1.54) is 0 Å². The molecule has 0 bridgehead atoms. The maximum absolute atomic E-state index is 11.7. The Balaban J connectivity index is 2.27. The molecule has 0 spiro atoms. The minimum absolute atomic E-state index is 0.0363. The van der Waals surface area contributed by atoms with Gasteiger partial charge in [-0.15, -0.1) is 0 Å². The highest BCUT2D eigenvalue weighted by molar-refractivity contribution is 7.93. The van der Waals surface area contributed by atoms with Crippen molar-refractivity contribution < 1.29 is 13.5 Å². The molecule has 1 aliphatic rings. The topological polar surface area (TPSA) is 66.4 Å². The highest BCUT2D eigenvalue weighted by Crippen LogP contribution is 2.33.